The Morgan fingerprint density at radius 2 is 2.29 bits per heavy atom. The summed E-state index contributed by atoms with van der Waals surface area (Å²) >= 11 is 6.20. The van der Waals surface area contributed by atoms with Crippen LogP contribution in [0.2, 0.25) is 5.15 Å². The molecule has 0 bridgehead atoms. The van der Waals surface area contributed by atoms with Crippen LogP contribution in [-0.4, -0.2) is 14.9 Å². The zero-order valence-corrected chi connectivity index (χ0v) is 13.0. The highest BCUT2D eigenvalue weighted by atomic mass is 35.5. The second kappa shape index (κ2) is 5.70. The molecule has 5 heteroatoms. The SMILES string of the molecule is Cc1nn(C)c(Cl)c1COc1ccc2c(c1)C(O)CCC2. The Morgan fingerprint density at radius 3 is 3.00 bits per heavy atom. The van der Waals surface area contributed by atoms with Crippen molar-refractivity contribution >= 4 is 11.6 Å². The molecule has 0 saturated heterocycles. The second-order valence-electron chi connectivity index (χ2n) is 5.54. The van der Waals surface area contributed by atoms with Gasteiger partial charge in [0.05, 0.1) is 11.8 Å². The van der Waals surface area contributed by atoms with Gasteiger partial charge in [-0.05, 0) is 49.4 Å². The van der Waals surface area contributed by atoms with E-state index in [0.717, 1.165) is 41.8 Å². The first-order valence-corrected chi connectivity index (χ1v) is 7.55. The van der Waals surface area contributed by atoms with E-state index in [-0.39, 0.29) is 6.10 Å². The van der Waals surface area contributed by atoms with E-state index in [1.165, 1.54) is 5.56 Å². The fraction of sp³-hybridized carbons (Fsp3) is 0.438. The number of aromatic nitrogens is 2. The van der Waals surface area contributed by atoms with Gasteiger partial charge in [-0.2, -0.15) is 5.10 Å². The monoisotopic (exact) mass is 306 g/mol. The van der Waals surface area contributed by atoms with Crippen molar-refractivity contribution in [1.29, 1.82) is 0 Å². The van der Waals surface area contributed by atoms with Crippen LogP contribution in [0.3, 0.4) is 0 Å². The van der Waals surface area contributed by atoms with E-state index in [2.05, 4.69) is 5.10 Å². The summed E-state index contributed by atoms with van der Waals surface area (Å²) < 4.78 is 7.48. The summed E-state index contributed by atoms with van der Waals surface area (Å²) in [5.74, 6) is 0.758. The van der Waals surface area contributed by atoms with Gasteiger partial charge < -0.3 is 9.84 Å². The van der Waals surface area contributed by atoms with Gasteiger partial charge in [0, 0.05) is 12.6 Å². The number of rotatable bonds is 3. The minimum absolute atomic E-state index is 0.374. The van der Waals surface area contributed by atoms with Crippen LogP contribution in [0.5, 0.6) is 5.75 Å². The highest BCUT2D eigenvalue weighted by Gasteiger charge is 2.19. The number of fused-ring (bicyclic) bond motifs is 1. The number of hydrogen-bond donors (Lipinski definition) is 1. The van der Waals surface area contributed by atoms with Crippen molar-refractivity contribution in [3.05, 3.63) is 45.7 Å². The maximum absolute atomic E-state index is 10.1. The molecular weight excluding hydrogens is 288 g/mol. The van der Waals surface area contributed by atoms with E-state index < -0.39 is 0 Å². The lowest BCUT2D eigenvalue weighted by atomic mass is 9.89. The third-order valence-electron chi connectivity index (χ3n) is 4.05. The molecule has 0 saturated carbocycles. The summed E-state index contributed by atoms with van der Waals surface area (Å²) in [6, 6.07) is 5.94. The highest BCUT2D eigenvalue weighted by Crippen LogP contribution is 2.32. The smallest absolute Gasteiger partial charge is 0.133 e. The molecule has 0 radical (unpaired) electrons. The summed E-state index contributed by atoms with van der Waals surface area (Å²) in [6.07, 6.45) is 2.52. The van der Waals surface area contributed by atoms with Gasteiger partial charge in [0.25, 0.3) is 0 Å². The fourth-order valence-electron chi connectivity index (χ4n) is 2.84. The predicted molar refractivity (Wildman–Crippen MR) is 81.6 cm³/mol. The molecule has 1 aliphatic carbocycles. The van der Waals surface area contributed by atoms with Crippen molar-refractivity contribution in [3.8, 4) is 5.75 Å². The zero-order valence-electron chi connectivity index (χ0n) is 12.3. The zero-order chi connectivity index (χ0) is 15.0. The van der Waals surface area contributed by atoms with Gasteiger partial charge in [0.2, 0.25) is 0 Å². The van der Waals surface area contributed by atoms with Gasteiger partial charge in [-0.15, -0.1) is 0 Å². The number of benzene rings is 1. The Hall–Kier alpha value is -1.52. The Bertz CT molecular complexity index is 667. The molecule has 1 unspecified atom stereocenters. The number of aliphatic hydroxyl groups excluding tert-OH is 1. The van der Waals surface area contributed by atoms with E-state index >= 15 is 0 Å². The number of aliphatic hydroxyl groups is 1. The Morgan fingerprint density at radius 1 is 1.48 bits per heavy atom. The fourth-order valence-corrected chi connectivity index (χ4v) is 3.06. The minimum Gasteiger partial charge on any atom is -0.489 e. The van der Waals surface area contributed by atoms with E-state index in [0.29, 0.717) is 11.8 Å². The quantitative estimate of drug-likeness (QED) is 0.946. The summed E-state index contributed by atoms with van der Waals surface area (Å²) in [5.41, 5.74) is 3.99. The summed E-state index contributed by atoms with van der Waals surface area (Å²) in [5, 5.41) is 14.9. The van der Waals surface area contributed by atoms with Gasteiger partial charge in [-0.3, -0.25) is 4.68 Å². The lowest BCUT2D eigenvalue weighted by Gasteiger charge is -2.22. The van der Waals surface area contributed by atoms with Crippen LogP contribution in [0.4, 0.5) is 0 Å². The molecule has 1 aliphatic rings. The molecule has 0 amide bonds. The Balaban J connectivity index is 1.78. The average molecular weight is 307 g/mol. The van der Waals surface area contributed by atoms with Crippen molar-refractivity contribution < 1.29 is 9.84 Å². The number of halogens is 1. The molecule has 4 nitrogen and oxygen atoms in total. The third kappa shape index (κ3) is 2.78. The number of nitrogens with zero attached hydrogens (tertiary/aromatic N) is 2. The molecule has 1 N–H and O–H groups in total. The van der Waals surface area contributed by atoms with Crippen molar-refractivity contribution in [2.24, 2.45) is 7.05 Å². The van der Waals surface area contributed by atoms with Gasteiger partial charge in [-0.25, -0.2) is 0 Å². The predicted octanol–water partition coefficient (Wildman–Crippen LogP) is 3.33. The molecule has 1 aromatic heterocycles. The van der Waals surface area contributed by atoms with E-state index in [1.807, 2.05) is 32.2 Å². The molecule has 1 aromatic carbocycles. The minimum atomic E-state index is -0.374. The first-order valence-electron chi connectivity index (χ1n) is 7.18. The molecule has 1 heterocycles. The van der Waals surface area contributed by atoms with Gasteiger partial charge >= 0.3 is 0 Å². The van der Waals surface area contributed by atoms with E-state index in [1.54, 1.807) is 4.68 Å². The molecule has 0 fully saturated rings. The van der Waals surface area contributed by atoms with Crippen LogP contribution in [0.15, 0.2) is 18.2 Å². The average Bonchev–Trinajstić information content (AvgIpc) is 2.71. The molecule has 3 rings (SSSR count). The number of hydrogen-bond acceptors (Lipinski definition) is 3. The van der Waals surface area contributed by atoms with Crippen molar-refractivity contribution in [3.63, 3.8) is 0 Å². The van der Waals surface area contributed by atoms with Crippen molar-refractivity contribution in [2.75, 3.05) is 0 Å². The maximum atomic E-state index is 10.1. The normalized spacial score (nSPS) is 17.6. The third-order valence-corrected chi connectivity index (χ3v) is 4.53. The standard InChI is InChI=1S/C16H19ClN2O2/c1-10-14(16(17)19(2)18-10)9-21-12-7-6-11-4-3-5-15(20)13(11)8-12/h6-8,15,20H,3-5,9H2,1-2H3. The lowest BCUT2D eigenvalue weighted by Crippen LogP contribution is -2.09. The highest BCUT2D eigenvalue weighted by molar-refractivity contribution is 6.30. The van der Waals surface area contributed by atoms with Crippen LogP contribution in [0.1, 0.15) is 41.3 Å². The van der Waals surface area contributed by atoms with Crippen LogP contribution in [0, 0.1) is 6.92 Å². The molecular formula is C16H19ClN2O2. The Kier molecular flexibility index (Phi) is 3.91. The van der Waals surface area contributed by atoms with Crippen LogP contribution in [-0.2, 0) is 20.1 Å². The molecule has 2 aromatic rings. The molecule has 112 valence electrons. The molecule has 0 aliphatic heterocycles. The lowest BCUT2D eigenvalue weighted by molar-refractivity contribution is 0.156. The van der Waals surface area contributed by atoms with Crippen molar-refractivity contribution in [2.45, 2.75) is 38.9 Å². The Labute approximate surface area is 129 Å². The van der Waals surface area contributed by atoms with Crippen LogP contribution < -0.4 is 4.74 Å². The number of aryl methyl sites for hydroxylation is 3. The first kappa shape index (κ1) is 14.4. The largest absolute Gasteiger partial charge is 0.489 e. The summed E-state index contributed by atoms with van der Waals surface area (Å²) in [4.78, 5) is 0. The summed E-state index contributed by atoms with van der Waals surface area (Å²) in [7, 11) is 1.81. The van der Waals surface area contributed by atoms with Gasteiger partial charge in [0.1, 0.15) is 17.5 Å². The first-order chi connectivity index (χ1) is 10.1. The van der Waals surface area contributed by atoms with E-state index in [9.17, 15) is 5.11 Å². The topological polar surface area (TPSA) is 47.3 Å². The second-order valence-corrected chi connectivity index (χ2v) is 5.89. The van der Waals surface area contributed by atoms with E-state index in [4.69, 9.17) is 16.3 Å². The molecule has 1 atom stereocenters. The van der Waals surface area contributed by atoms with Crippen molar-refractivity contribution in [1.82, 2.24) is 9.78 Å². The summed E-state index contributed by atoms with van der Waals surface area (Å²) in [6.45, 7) is 2.30. The maximum Gasteiger partial charge on any atom is 0.133 e. The van der Waals surface area contributed by atoms with Crippen LogP contribution >= 0.6 is 11.6 Å². The van der Waals surface area contributed by atoms with Gasteiger partial charge in [0.15, 0.2) is 0 Å². The number of ether oxygens (including phenoxy) is 1. The molecule has 21 heavy (non-hydrogen) atoms. The van der Waals surface area contributed by atoms with Gasteiger partial charge in [-0.1, -0.05) is 17.7 Å². The van der Waals surface area contributed by atoms with Crippen LogP contribution in [0.25, 0.3) is 0 Å². The molecule has 0 spiro atoms.